The summed E-state index contributed by atoms with van der Waals surface area (Å²) in [6.45, 7) is 5.54. The van der Waals surface area contributed by atoms with Crippen molar-refractivity contribution in [3.8, 4) is 0 Å². The van der Waals surface area contributed by atoms with E-state index in [-0.39, 0.29) is 0 Å². The molecule has 2 rings (SSSR count). The molecule has 0 aliphatic carbocycles. The Labute approximate surface area is 92.1 Å². The van der Waals surface area contributed by atoms with Crippen LogP contribution in [0, 0.1) is 13.8 Å². The van der Waals surface area contributed by atoms with E-state index >= 15 is 0 Å². The van der Waals surface area contributed by atoms with Gasteiger partial charge in [0.25, 0.3) is 0 Å². The highest BCUT2D eigenvalue weighted by molar-refractivity contribution is 5.19. The molecule has 0 aromatic carbocycles. The molecule has 0 unspecified atom stereocenters. The van der Waals surface area contributed by atoms with E-state index in [4.69, 9.17) is 0 Å². The fourth-order valence-corrected chi connectivity index (χ4v) is 2.51. The van der Waals surface area contributed by atoms with Crippen molar-refractivity contribution in [2.24, 2.45) is 0 Å². The highest BCUT2D eigenvalue weighted by Crippen LogP contribution is 2.09. The van der Waals surface area contributed by atoms with E-state index in [9.17, 15) is 0 Å². The number of aromatic nitrogens is 1. The Kier molecular flexibility index (Phi) is 3.37. The van der Waals surface area contributed by atoms with Gasteiger partial charge in [0.15, 0.2) is 0 Å². The Balaban J connectivity index is 2.02. The minimum atomic E-state index is 0.771. The van der Waals surface area contributed by atoms with Gasteiger partial charge in [-0.15, -0.1) is 0 Å². The molecule has 1 aliphatic heterocycles. The summed E-state index contributed by atoms with van der Waals surface area (Å²) in [5, 5.41) is 2.49. The molecule has 0 saturated carbocycles. The Morgan fingerprint density at radius 3 is 2.87 bits per heavy atom. The highest BCUT2D eigenvalue weighted by atomic mass is 14.9. The largest absolute Gasteiger partial charge is 0.343 e. The zero-order valence-electron chi connectivity index (χ0n) is 9.79. The van der Waals surface area contributed by atoms with Gasteiger partial charge >= 0.3 is 0 Å². The molecule has 0 bridgehead atoms. The van der Waals surface area contributed by atoms with Crippen LogP contribution < -0.4 is 5.32 Å². The van der Waals surface area contributed by atoms with Crippen LogP contribution in [0.15, 0.2) is 12.1 Å². The summed E-state index contributed by atoms with van der Waals surface area (Å²) in [7, 11) is 0. The lowest BCUT2D eigenvalue weighted by molar-refractivity contribution is -0.697. The fourth-order valence-electron chi connectivity index (χ4n) is 2.51. The third-order valence-corrected chi connectivity index (χ3v) is 3.15. The molecule has 15 heavy (non-hydrogen) atoms. The number of nitrogens with two attached hydrogens (primary N) is 1. The maximum Gasteiger partial charge on any atom is 0.0915 e. The summed E-state index contributed by atoms with van der Waals surface area (Å²) < 4.78 is 0. The smallest absolute Gasteiger partial charge is 0.0915 e. The molecule has 2 heteroatoms. The summed E-state index contributed by atoms with van der Waals surface area (Å²) in [5.41, 5.74) is 3.77. The predicted octanol–water partition coefficient (Wildman–Crippen LogP) is 1.36. The summed E-state index contributed by atoms with van der Waals surface area (Å²) in [6, 6.07) is 5.15. The van der Waals surface area contributed by atoms with Gasteiger partial charge in [-0.1, -0.05) is 0 Å². The van der Waals surface area contributed by atoms with Crippen molar-refractivity contribution in [1.82, 2.24) is 4.98 Å². The van der Waals surface area contributed by atoms with E-state index in [1.165, 1.54) is 37.1 Å². The summed E-state index contributed by atoms with van der Waals surface area (Å²) in [5.74, 6) is 0. The number of hydrogen-bond acceptors (Lipinski definition) is 1. The van der Waals surface area contributed by atoms with Gasteiger partial charge < -0.3 is 5.32 Å². The van der Waals surface area contributed by atoms with Crippen LogP contribution in [0.25, 0.3) is 0 Å². The SMILES string of the molecule is Cc1cc(C)nc(C[C@@H]2CCCC[NH2+]2)c1. The van der Waals surface area contributed by atoms with Crippen molar-refractivity contribution < 1.29 is 5.32 Å². The van der Waals surface area contributed by atoms with Crippen LogP contribution in [-0.4, -0.2) is 17.6 Å². The first-order valence-electron chi connectivity index (χ1n) is 6.01. The van der Waals surface area contributed by atoms with Crippen molar-refractivity contribution in [3.05, 3.63) is 29.1 Å². The van der Waals surface area contributed by atoms with Crippen molar-refractivity contribution in [2.45, 2.75) is 45.6 Å². The molecule has 1 fully saturated rings. The first-order chi connectivity index (χ1) is 7.24. The maximum absolute atomic E-state index is 4.61. The summed E-state index contributed by atoms with van der Waals surface area (Å²) in [6.07, 6.45) is 5.28. The van der Waals surface area contributed by atoms with E-state index in [1.807, 2.05) is 0 Å². The number of nitrogens with zero attached hydrogens (tertiary/aromatic N) is 1. The van der Waals surface area contributed by atoms with Crippen LogP contribution in [0.5, 0.6) is 0 Å². The molecule has 1 atom stereocenters. The number of pyridine rings is 1. The lowest BCUT2D eigenvalue weighted by Gasteiger charge is -2.20. The molecule has 82 valence electrons. The second-order valence-electron chi connectivity index (χ2n) is 4.76. The number of aryl methyl sites for hydroxylation is 2. The van der Waals surface area contributed by atoms with Crippen molar-refractivity contribution in [2.75, 3.05) is 6.54 Å². The average Bonchev–Trinajstić information content (AvgIpc) is 2.17. The van der Waals surface area contributed by atoms with Crippen LogP contribution in [0.3, 0.4) is 0 Å². The molecule has 1 saturated heterocycles. The second kappa shape index (κ2) is 4.75. The standard InChI is InChI=1S/C13H20N2/c1-10-7-11(2)15-13(8-10)9-12-5-3-4-6-14-12/h7-8,12,14H,3-6,9H2,1-2H3/p+1/t12-/m0/s1. The molecule has 2 nitrogen and oxygen atoms in total. The molecule has 2 N–H and O–H groups in total. The van der Waals surface area contributed by atoms with E-state index in [1.54, 1.807) is 0 Å². The molecule has 0 radical (unpaired) electrons. The number of rotatable bonds is 2. The first kappa shape index (κ1) is 10.6. The van der Waals surface area contributed by atoms with E-state index in [0.717, 1.165) is 18.2 Å². The van der Waals surface area contributed by atoms with Gasteiger partial charge in [0.2, 0.25) is 0 Å². The van der Waals surface area contributed by atoms with Crippen molar-refractivity contribution in [1.29, 1.82) is 0 Å². The second-order valence-corrected chi connectivity index (χ2v) is 4.76. The molecule has 1 aromatic rings. The lowest BCUT2D eigenvalue weighted by Crippen LogP contribution is -2.91. The Hall–Kier alpha value is -0.890. The molecule has 0 amide bonds. The molecule has 0 spiro atoms. The third kappa shape index (κ3) is 3.03. The minimum absolute atomic E-state index is 0.771. The van der Waals surface area contributed by atoms with Gasteiger partial charge in [0.1, 0.15) is 0 Å². The van der Waals surface area contributed by atoms with Crippen LogP contribution in [0.4, 0.5) is 0 Å². The van der Waals surface area contributed by atoms with Crippen molar-refractivity contribution >= 4 is 0 Å². The van der Waals surface area contributed by atoms with Crippen molar-refractivity contribution in [3.63, 3.8) is 0 Å². The quantitative estimate of drug-likeness (QED) is 0.776. The minimum Gasteiger partial charge on any atom is -0.343 e. The van der Waals surface area contributed by atoms with E-state index in [0.29, 0.717) is 0 Å². The summed E-state index contributed by atoms with van der Waals surface area (Å²) >= 11 is 0. The van der Waals surface area contributed by atoms with E-state index in [2.05, 4.69) is 36.3 Å². The van der Waals surface area contributed by atoms with Crippen LogP contribution in [0.2, 0.25) is 0 Å². The van der Waals surface area contributed by atoms with Crippen LogP contribution in [0.1, 0.15) is 36.2 Å². The number of hydrogen-bond donors (Lipinski definition) is 1. The topological polar surface area (TPSA) is 29.5 Å². The summed E-state index contributed by atoms with van der Waals surface area (Å²) in [4.78, 5) is 4.61. The molecular formula is C13H21N2+. The van der Waals surface area contributed by atoms with E-state index < -0.39 is 0 Å². The number of quaternary nitrogens is 1. The van der Waals surface area contributed by atoms with Crippen LogP contribution in [-0.2, 0) is 6.42 Å². The van der Waals surface area contributed by atoms with Gasteiger partial charge in [-0.25, -0.2) is 0 Å². The van der Waals surface area contributed by atoms with Gasteiger partial charge in [-0.05, 0) is 50.8 Å². The Morgan fingerprint density at radius 1 is 1.33 bits per heavy atom. The average molecular weight is 205 g/mol. The Bertz CT molecular complexity index is 307. The zero-order valence-corrected chi connectivity index (χ0v) is 9.79. The highest BCUT2D eigenvalue weighted by Gasteiger charge is 2.17. The maximum atomic E-state index is 4.61. The number of piperidine rings is 1. The third-order valence-electron chi connectivity index (χ3n) is 3.15. The Morgan fingerprint density at radius 2 is 2.20 bits per heavy atom. The molecule has 1 aromatic heterocycles. The van der Waals surface area contributed by atoms with Gasteiger partial charge in [0, 0.05) is 17.8 Å². The van der Waals surface area contributed by atoms with Gasteiger partial charge in [0.05, 0.1) is 12.6 Å². The normalized spacial score (nSPS) is 21.6. The molecule has 2 heterocycles. The predicted molar refractivity (Wildman–Crippen MR) is 61.8 cm³/mol. The van der Waals surface area contributed by atoms with Crippen LogP contribution >= 0.6 is 0 Å². The van der Waals surface area contributed by atoms with Gasteiger partial charge in [-0.3, -0.25) is 4.98 Å². The zero-order chi connectivity index (χ0) is 10.7. The van der Waals surface area contributed by atoms with Gasteiger partial charge in [-0.2, -0.15) is 0 Å². The molecular weight excluding hydrogens is 184 g/mol. The monoisotopic (exact) mass is 205 g/mol. The molecule has 1 aliphatic rings. The fraction of sp³-hybridized carbons (Fsp3) is 0.615. The first-order valence-corrected chi connectivity index (χ1v) is 6.01. The lowest BCUT2D eigenvalue weighted by atomic mass is 9.99.